The number of nitrogens with zero attached hydrogens (tertiary/aromatic N) is 5. The lowest BCUT2D eigenvalue weighted by Gasteiger charge is -2.06. The summed E-state index contributed by atoms with van der Waals surface area (Å²) in [5, 5.41) is 15.1. The van der Waals surface area contributed by atoms with E-state index in [2.05, 4.69) is 25.7 Å². The van der Waals surface area contributed by atoms with E-state index in [0.717, 1.165) is 6.07 Å². The highest BCUT2D eigenvalue weighted by Crippen LogP contribution is 2.24. The minimum absolute atomic E-state index is 0.0493. The summed E-state index contributed by atoms with van der Waals surface area (Å²) in [5.74, 6) is 0.491. The highest BCUT2D eigenvalue weighted by atomic mass is 35.5. The standard InChI is InChI=1S/C19H16ClFN6O2/c1-10(2)16-23-19(29-26-16)12-4-3-7-27-15(24-25-17(12)27)9-22-18(28)13-8-11(21)5-6-14(13)20/h3-8,10H,9H2,1-2H3,(H,22,28). The molecule has 8 nitrogen and oxygen atoms in total. The smallest absolute Gasteiger partial charge is 0.261 e. The average Bonchev–Trinajstić information content (AvgIpc) is 3.35. The predicted octanol–water partition coefficient (Wildman–Crippen LogP) is 3.63. The summed E-state index contributed by atoms with van der Waals surface area (Å²) in [5.41, 5.74) is 1.19. The van der Waals surface area contributed by atoms with Crippen LogP contribution in [0.15, 0.2) is 41.1 Å². The van der Waals surface area contributed by atoms with Crippen LogP contribution in [0.3, 0.4) is 0 Å². The molecule has 4 rings (SSSR count). The van der Waals surface area contributed by atoms with Gasteiger partial charge in [-0.25, -0.2) is 4.39 Å². The lowest BCUT2D eigenvalue weighted by atomic mass is 10.2. The van der Waals surface area contributed by atoms with Gasteiger partial charge in [0, 0.05) is 12.1 Å². The number of aromatic nitrogens is 5. The number of carbonyl (C=O) groups excluding carboxylic acids is 1. The number of nitrogens with one attached hydrogen (secondary N) is 1. The van der Waals surface area contributed by atoms with Crippen molar-refractivity contribution < 1.29 is 13.7 Å². The van der Waals surface area contributed by atoms with Crippen LogP contribution in [0.4, 0.5) is 4.39 Å². The number of benzene rings is 1. The van der Waals surface area contributed by atoms with Crippen molar-refractivity contribution in [1.82, 2.24) is 30.1 Å². The zero-order valence-electron chi connectivity index (χ0n) is 15.6. The van der Waals surface area contributed by atoms with Crippen LogP contribution in [-0.2, 0) is 6.54 Å². The van der Waals surface area contributed by atoms with E-state index in [1.807, 2.05) is 13.8 Å². The Morgan fingerprint density at radius 2 is 2.14 bits per heavy atom. The molecular formula is C19H16ClFN6O2. The molecule has 3 heterocycles. The van der Waals surface area contributed by atoms with Crippen LogP contribution in [0.1, 0.15) is 41.8 Å². The molecule has 0 spiro atoms. The fourth-order valence-corrected chi connectivity index (χ4v) is 2.96. The molecule has 0 aliphatic heterocycles. The van der Waals surface area contributed by atoms with Crippen LogP contribution in [0.2, 0.25) is 5.02 Å². The van der Waals surface area contributed by atoms with Crippen molar-refractivity contribution in [3.63, 3.8) is 0 Å². The number of pyridine rings is 1. The molecule has 1 N–H and O–H groups in total. The number of amides is 1. The van der Waals surface area contributed by atoms with Gasteiger partial charge in [0.05, 0.1) is 22.7 Å². The maximum atomic E-state index is 13.4. The Bertz CT molecular complexity index is 1200. The molecule has 0 unspecified atom stereocenters. The molecule has 4 aromatic rings. The number of fused-ring (bicyclic) bond motifs is 1. The monoisotopic (exact) mass is 414 g/mol. The summed E-state index contributed by atoms with van der Waals surface area (Å²) < 4.78 is 20.5. The number of rotatable bonds is 5. The molecule has 0 saturated heterocycles. The molecule has 29 heavy (non-hydrogen) atoms. The zero-order chi connectivity index (χ0) is 20.5. The second kappa shape index (κ2) is 7.59. The molecule has 0 saturated carbocycles. The van der Waals surface area contributed by atoms with Crippen molar-refractivity contribution in [2.24, 2.45) is 0 Å². The van der Waals surface area contributed by atoms with Gasteiger partial charge in [-0.15, -0.1) is 10.2 Å². The van der Waals surface area contributed by atoms with Gasteiger partial charge in [-0.1, -0.05) is 30.6 Å². The highest BCUT2D eigenvalue weighted by Gasteiger charge is 2.18. The third-order valence-corrected chi connectivity index (χ3v) is 4.60. The fourth-order valence-electron chi connectivity index (χ4n) is 2.76. The number of hydrogen-bond donors (Lipinski definition) is 1. The Hall–Kier alpha value is -3.33. The van der Waals surface area contributed by atoms with Crippen LogP contribution < -0.4 is 5.32 Å². The van der Waals surface area contributed by atoms with Crippen molar-refractivity contribution in [3.8, 4) is 11.5 Å². The molecule has 0 atom stereocenters. The zero-order valence-corrected chi connectivity index (χ0v) is 16.3. The minimum atomic E-state index is -0.544. The molecule has 10 heteroatoms. The first kappa shape index (κ1) is 19.0. The summed E-state index contributed by atoms with van der Waals surface area (Å²) in [6.07, 6.45) is 1.76. The number of carbonyl (C=O) groups is 1. The largest absolute Gasteiger partial charge is 0.345 e. The van der Waals surface area contributed by atoms with Gasteiger partial charge >= 0.3 is 0 Å². The normalized spacial score (nSPS) is 11.3. The van der Waals surface area contributed by atoms with E-state index < -0.39 is 11.7 Å². The fraction of sp³-hybridized carbons (Fsp3) is 0.211. The van der Waals surface area contributed by atoms with Crippen molar-refractivity contribution in [2.45, 2.75) is 26.3 Å². The molecule has 0 radical (unpaired) electrons. The van der Waals surface area contributed by atoms with Gasteiger partial charge in [-0.3, -0.25) is 9.20 Å². The lowest BCUT2D eigenvalue weighted by molar-refractivity contribution is 0.0949. The van der Waals surface area contributed by atoms with Crippen LogP contribution >= 0.6 is 11.6 Å². The molecule has 1 aromatic carbocycles. The van der Waals surface area contributed by atoms with Crippen molar-refractivity contribution in [3.05, 3.63) is 64.6 Å². The maximum Gasteiger partial charge on any atom is 0.261 e. The van der Waals surface area contributed by atoms with Crippen LogP contribution in [0, 0.1) is 5.82 Å². The van der Waals surface area contributed by atoms with E-state index in [-0.39, 0.29) is 23.0 Å². The number of hydrogen-bond acceptors (Lipinski definition) is 6. The first-order chi connectivity index (χ1) is 13.9. The summed E-state index contributed by atoms with van der Waals surface area (Å²) in [4.78, 5) is 16.7. The van der Waals surface area contributed by atoms with Gasteiger partial charge in [-0.2, -0.15) is 4.98 Å². The van der Waals surface area contributed by atoms with E-state index in [4.69, 9.17) is 16.1 Å². The SMILES string of the molecule is CC(C)c1noc(-c2cccn3c(CNC(=O)c4cc(F)ccc4Cl)nnc23)n1. The highest BCUT2D eigenvalue weighted by molar-refractivity contribution is 6.33. The predicted molar refractivity (Wildman–Crippen MR) is 103 cm³/mol. The van der Waals surface area contributed by atoms with Crippen molar-refractivity contribution >= 4 is 23.2 Å². The van der Waals surface area contributed by atoms with Crippen molar-refractivity contribution in [2.75, 3.05) is 0 Å². The second-order valence-electron chi connectivity index (χ2n) is 6.65. The van der Waals surface area contributed by atoms with E-state index in [0.29, 0.717) is 28.8 Å². The van der Waals surface area contributed by atoms with Crippen LogP contribution in [-0.4, -0.2) is 30.6 Å². The maximum absolute atomic E-state index is 13.4. The quantitative estimate of drug-likeness (QED) is 0.535. The summed E-state index contributed by atoms with van der Waals surface area (Å²) >= 11 is 5.98. The molecule has 0 aliphatic rings. The Morgan fingerprint density at radius 3 is 2.90 bits per heavy atom. The van der Waals surface area contributed by atoms with Gasteiger partial charge in [0.2, 0.25) is 0 Å². The first-order valence-corrected chi connectivity index (χ1v) is 9.21. The third-order valence-electron chi connectivity index (χ3n) is 4.27. The Kier molecular flexibility index (Phi) is 4.98. The first-order valence-electron chi connectivity index (χ1n) is 8.84. The van der Waals surface area contributed by atoms with Gasteiger partial charge in [0.15, 0.2) is 17.3 Å². The van der Waals surface area contributed by atoms with E-state index >= 15 is 0 Å². The average molecular weight is 415 g/mol. The summed E-state index contributed by atoms with van der Waals surface area (Å²) in [6.45, 7) is 4.01. The van der Waals surface area contributed by atoms with Crippen LogP contribution in [0.5, 0.6) is 0 Å². The Balaban J connectivity index is 1.59. The number of halogens is 2. The Morgan fingerprint density at radius 1 is 1.31 bits per heavy atom. The molecule has 148 valence electrons. The van der Waals surface area contributed by atoms with E-state index in [1.54, 1.807) is 22.7 Å². The topological polar surface area (TPSA) is 98.2 Å². The minimum Gasteiger partial charge on any atom is -0.345 e. The van der Waals surface area contributed by atoms with Gasteiger partial charge in [0.25, 0.3) is 11.8 Å². The molecule has 0 fully saturated rings. The van der Waals surface area contributed by atoms with Crippen LogP contribution in [0.25, 0.3) is 17.1 Å². The van der Waals surface area contributed by atoms with E-state index in [9.17, 15) is 9.18 Å². The van der Waals surface area contributed by atoms with Gasteiger partial charge in [0.1, 0.15) is 5.82 Å². The molecule has 0 bridgehead atoms. The Labute approximate surface area is 169 Å². The van der Waals surface area contributed by atoms with E-state index in [1.165, 1.54) is 12.1 Å². The third kappa shape index (κ3) is 3.68. The molecule has 1 amide bonds. The lowest BCUT2D eigenvalue weighted by Crippen LogP contribution is -2.24. The molecule has 3 aromatic heterocycles. The van der Waals surface area contributed by atoms with Crippen molar-refractivity contribution in [1.29, 1.82) is 0 Å². The van der Waals surface area contributed by atoms with Gasteiger partial charge in [-0.05, 0) is 30.3 Å². The van der Waals surface area contributed by atoms with Gasteiger partial charge < -0.3 is 9.84 Å². The molecule has 0 aliphatic carbocycles. The second-order valence-corrected chi connectivity index (χ2v) is 7.06. The summed E-state index contributed by atoms with van der Waals surface area (Å²) in [6, 6.07) is 7.20. The molecular weight excluding hydrogens is 399 g/mol. The summed E-state index contributed by atoms with van der Waals surface area (Å²) in [7, 11) is 0.